The number of ketones is 1. The van der Waals surface area contributed by atoms with Crippen LogP contribution in [0.15, 0.2) is 54.6 Å². The standard InChI is InChI=1S/C23H16ClNO5S/c1-2-14-8-10-20(31-14)19(26)12-30-23(29)13-7-9-15-16(11-13)22(28)25(21(15)27)18-6-4-3-5-17(18)24/h3-11H,2,12H2,1H3. The first-order chi connectivity index (χ1) is 14.9. The molecule has 0 aliphatic carbocycles. The number of esters is 1. The summed E-state index contributed by atoms with van der Waals surface area (Å²) in [6.45, 7) is 1.59. The summed E-state index contributed by atoms with van der Waals surface area (Å²) in [6.07, 6.45) is 0.824. The van der Waals surface area contributed by atoms with E-state index in [1.54, 1.807) is 30.3 Å². The van der Waals surface area contributed by atoms with Crippen molar-refractivity contribution in [2.75, 3.05) is 11.5 Å². The Morgan fingerprint density at radius 3 is 2.45 bits per heavy atom. The van der Waals surface area contributed by atoms with Crippen LogP contribution in [0.2, 0.25) is 5.02 Å². The number of nitrogens with zero attached hydrogens (tertiary/aromatic N) is 1. The fourth-order valence-electron chi connectivity index (χ4n) is 3.22. The first-order valence-electron chi connectivity index (χ1n) is 9.47. The lowest BCUT2D eigenvalue weighted by Gasteiger charge is -2.15. The van der Waals surface area contributed by atoms with Gasteiger partial charge in [-0.15, -0.1) is 11.3 Å². The van der Waals surface area contributed by atoms with Crippen molar-refractivity contribution < 1.29 is 23.9 Å². The maximum Gasteiger partial charge on any atom is 0.338 e. The second-order valence-corrected chi connectivity index (χ2v) is 8.35. The predicted molar refractivity (Wildman–Crippen MR) is 117 cm³/mol. The number of anilines is 1. The number of carbonyl (C=O) groups is 4. The van der Waals surface area contributed by atoms with E-state index in [0.29, 0.717) is 4.88 Å². The SMILES string of the molecule is CCc1ccc(C(=O)COC(=O)c2ccc3c(c2)C(=O)N(c2ccccc2Cl)C3=O)s1. The molecule has 0 N–H and O–H groups in total. The Balaban J connectivity index is 1.51. The molecule has 0 bridgehead atoms. The normalized spacial score (nSPS) is 12.8. The number of benzene rings is 2. The number of carbonyl (C=O) groups excluding carboxylic acids is 4. The van der Waals surface area contributed by atoms with Crippen LogP contribution in [-0.2, 0) is 11.2 Å². The third kappa shape index (κ3) is 3.89. The van der Waals surface area contributed by atoms with Crippen LogP contribution < -0.4 is 4.90 Å². The van der Waals surface area contributed by atoms with Gasteiger partial charge in [-0.25, -0.2) is 9.69 Å². The Labute approximate surface area is 187 Å². The molecule has 2 heterocycles. The van der Waals surface area contributed by atoms with Crippen LogP contribution >= 0.6 is 22.9 Å². The molecule has 0 fully saturated rings. The van der Waals surface area contributed by atoms with Gasteiger partial charge >= 0.3 is 5.97 Å². The highest BCUT2D eigenvalue weighted by atomic mass is 35.5. The minimum Gasteiger partial charge on any atom is -0.454 e. The topological polar surface area (TPSA) is 80.8 Å². The van der Waals surface area contributed by atoms with Crippen molar-refractivity contribution in [2.45, 2.75) is 13.3 Å². The van der Waals surface area contributed by atoms with Gasteiger partial charge in [0.1, 0.15) is 0 Å². The largest absolute Gasteiger partial charge is 0.454 e. The number of Topliss-reactive ketones (excluding diaryl/α,β-unsaturated/α-hetero) is 1. The van der Waals surface area contributed by atoms with Gasteiger partial charge in [0.05, 0.1) is 32.3 Å². The van der Waals surface area contributed by atoms with E-state index in [-0.39, 0.29) is 33.2 Å². The minimum absolute atomic E-state index is 0.0779. The number of para-hydroxylation sites is 1. The molecule has 0 radical (unpaired) electrons. The second-order valence-electron chi connectivity index (χ2n) is 6.78. The molecule has 0 atom stereocenters. The van der Waals surface area contributed by atoms with Crippen molar-refractivity contribution in [3.05, 3.63) is 86.1 Å². The van der Waals surface area contributed by atoms with Gasteiger partial charge in [0.2, 0.25) is 5.78 Å². The molecule has 8 heteroatoms. The van der Waals surface area contributed by atoms with Crippen molar-refractivity contribution in [2.24, 2.45) is 0 Å². The van der Waals surface area contributed by atoms with E-state index in [1.165, 1.54) is 29.5 Å². The molecule has 0 unspecified atom stereocenters. The lowest BCUT2D eigenvalue weighted by atomic mass is 10.1. The van der Waals surface area contributed by atoms with Gasteiger partial charge in [-0.1, -0.05) is 30.7 Å². The third-order valence-corrected chi connectivity index (χ3v) is 6.43. The number of imide groups is 1. The fourth-order valence-corrected chi connectivity index (χ4v) is 4.31. The molecule has 6 nitrogen and oxygen atoms in total. The molecule has 1 aromatic heterocycles. The molecule has 0 saturated heterocycles. The molecule has 0 saturated carbocycles. The second kappa shape index (κ2) is 8.45. The number of hydrogen-bond donors (Lipinski definition) is 0. The van der Waals surface area contributed by atoms with Crippen molar-refractivity contribution in [1.82, 2.24) is 0 Å². The van der Waals surface area contributed by atoms with Gasteiger partial charge in [-0.3, -0.25) is 14.4 Å². The molecule has 3 aromatic rings. The summed E-state index contributed by atoms with van der Waals surface area (Å²) < 4.78 is 5.13. The Kier molecular flexibility index (Phi) is 5.71. The van der Waals surface area contributed by atoms with Crippen LogP contribution in [0.25, 0.3) is 0 Å². The van der Waals surface area contributed by atoms with Gasteiger partial charge in [0, 0.05) is 4.88 Å². The molecule has 0 spiro atoms. The third-order valence-electron chi connectivity index (χ3n) is 4.83. The van der Waals surface area contributed by atoms with Crippen LogP contribution in [0.5, 0.6) is 0 Å². The van der Waals surface area contributed by atoms with Gasteiger partial charge in [-0.2, -0.15) is 0 Å². The maximum absolute atomic E-state index is 12.9. The minimum atomic E-state index is -0.750. The van der Waals surface area contributed by atoms with E-state index in [1.807, 2.05) is 13.0 Å². The molecule has 1 aliphatic rings. The average molecular weight is 454 g/mol. The number of amides is 2. The summed E-state index contributed by atoms with van der Waals surface area (Å²) >= 11 is 7.51. The number of ether oxygens (including phenoxy) is 1. The summed E-state index contributed by atoms with van der Waals surface area (Å²) in [5, 5.41) is 0.259. The highest BCUT2D eigenvalue weighted by molar-refractivity contribution is 7.14. The Morgan fingerprint density at radius 2 is 1.74 bits per heavy atom. The molecule has 31 heavy (non-hydrogen) atoms. The monoisotopic (exact) mass is 453 g/mol. The summed E-state index contributed by atoms with van der Waals surface area (Å²) in [7, 11) is 0. The first kappa shape index (κ1) is 21.0. The number of hydrogen-bond acceptors (Lipinski definition) is 6. The first-order valence-corrected chi connectivity index (χ1v) is 10.7. The van der Waals surface area contributed by atoms with Crippen molar-refractivity contribution in [3.63, 3.8) is 0 Å². The molecule has 4 rings (SSSR count). The predicted octanol–water partition coefficient (Wildman–Crippen LogP) is 4.80. The van der Waals surface area contributed by atoms with Gasteiger partial charge in [-0.05, 0) is 48.9 Å². The van der Waals surface area contributed by atoms with Crippen molar-refractivity contribution in [1.29, 1.82) is 0 Å². The lowest BCUT2D eigenvalue weighted by molar-refractivity contribution is 0.0475. The number of thiophene rings is 1. The summed E-state index contributed by atoms with van der Waals surface area (Å²) in [5.41, 5.74) is 0.599. The van der Waals surface area contributed by atoms with Gasteiger partial charge < -0.3 is 4.74 Å². The average Bonchev–Trinajstić information content (AvgIpc) is 3.36. The summed E-state index contributed by atoms with van der Waals surface area (Å²) in [4.78, 5) is 52.8. The van der Waals surface area contributed by atoms with E-state index < -0.39 is 24.4 Å². The smallest absolute Gasteiger partial charge is 0.338 e. The zero-order valence-electron chi connectivity index (χ0n) is 16.4. The van der Waals surface area contributed by atoms with Crippen LogP contribution in [0.4, 0.5) is 5.69 Å². The molecule has 2 amide bonds. The zero-order chi connectivity index (χ0) is 22.1. The molecule has 156 valence electrons. The highest BCUT2D eigenvalue weighted by Gasteiger charge is 2.38. The highest BCUT2D eigenvalue weighted by Crippen LogP contribution is 2.33. The Morgan fingerprint density at radius 1 is 1.00 bits per heavy atom. The summed E-state index contributed by atoms with van der Waals surface area (Å²) in [5.74, 6) is -2.15. The Hall–Kier alpha value is -3.29. The zero-order valence-corrected chi connectivity index (χ0v) is 18.0. The molecule has 1 aliphatic heterocycles. The fraction of sp³-hybridized carbons (Fsp3) is 0.130. The lowest BCUT2D eigenvalue weighted by Crippen LogP contribution is -2.29. The number of aryl methyl sites for hydroxylation is 1. The van der Waals surface area contributed by atoms with Crippen molar-refractivity contribution in [3.8, 4) is 0 Å². The van der Waals surface area contributed by atoms with Crippen LogP contribution in [0.1, 0.15) is 52.5 Å². The quantitative estimate of drug-likeness (QED) is 0.304. The van der Waals surface area contributed by atoms with Crippen LogP contribution in [0.3, 0.4) is 0 Å². The number of halogens is 1. The molecule has 2 aromatic carbocycles. The van der Waals surface area contributed by atoms with Crippen LogP contribution in [0, 0.1) is 0 Å². The number of fused-ring (bicyclic) bond motifs is 1. The van der Waals surface area contributed by atoms with Gasteiger partial charge in [0.25, 0.3) is 11.8 Å². The van der Waals surface area contributed by atoms with Crippen LogP contribution in [-0.4, -0.2) is 30.2 Å². The van der Waals surface area contributed by atoms with Gasteiger partial charge in [0.15, 0.2) is 6.61 Å². The number of rotatable bonds is 6. The van der Waals surface area contributed by atoms with E-state index in [0.717, 1.165) is 16.2 Å². The van der Waals surface area contributed by atoms with E-state index in [9.17, 15) is 19.2 Å². The summed E-state index contributed by atoms with van der Waals surface area (Å²) in [6, 6.07) is 14.2. The van der Waals surface area contributed by atoms with E-state index in [2.05, 4.69) is 0 Å². The maximum atomic E-state index is 12.9. The van der Waals surface area contributed by atoms with Crippen molar-refractivity contribution >= 4 is 52.2 Å². The molecular formula is C23H16ClNO5S. The molecular weight excluding hydrogens is 438 g/mol. The van der Waals surface area contributed by atoms with E-state index in [4.69, 9.17) is 16.3 Å². The Bertz CT molecular complexity index is 1230. The van der Waals surface area contributed by atoms with E-state index >= 15 is 0 Å².